The molecule has 4 aromatic rings. The van der Waals surface area contributed by atoms with Gasteiger partial charge in [0.05, 0.1) is 5.39 Å². The quantitative estimate of drug-likeness (QED) is 0.493. The summed E-state index contributed by atoms with van der Waals surface area (Å²) in [6.45, 7) is 6.10. The Kier molecular flexibility index (Phi) is 4.32. The fraction of sp³-hybridized carbons (Fsp3) is 0.174. The van der Waals surface area contributed by atoms with E-state index in [1.807, 2.05) is 62.4 Å². The van der Waals surface area contributed by atoms with Crippen molar-refractivity contribution in [3.8, 4) is 5.69 Å². The summed E-state index contributed by atoms with van der Waals surface area (Å²) >= 11 is 0. The first-order valence-corrected chi connectivity index (χ1v) is 9.15. The van der Waals surface area contributed by atoms with E-state index in [1.54, 1.807) is 0 Å². The van der Waals surface area contributed by atoms with Crippen molar-refractivity contribution in [2.75, 3.05) is 0 Å². The average Bonchev–Trinajstić information content (AvgIpc) is 2.98. The van der Waals surface area contributed by atoms with Crippen LogP contribution in [0.1, 0.15) is 40.1 Å². The van der Waals surface area contributed by atoms with Crippen LogP contribution in [0.4, 0.5) is 0 Å². The molecule has 4 nitrogen and oxygen atoms in total. The highest BCUT2D eigenvalue weighted by Gasteiger charge is 2.23. The summed E-state index contributed by atoms with van der Waals surface area (Å²) < 4.78 is 2.12. The van der Waals surface area contributed by atoms with Gasteiger partial charge in [0.15, 0.2) is 0 Å². The van der Waals surface area contributed by atoms with Crippen molar-refractivity contribution in [1.29, 1.82) is 0 Å². The predicted molar refractivity (Wildman–Crippen MR) is 108 cm³/mol. The summed E-state index contributed by atoms with van der Waals surface area (Å²) in [5.41, 5.74) is 5.06. The summed E-state index contributed by atoms with van der Waals surface area (Å²) in [7, 11) is 0. The molecule has 2 heterocycles. The molecular weight excluding hydrogens is 334 g/mol. The molecule has 0 atom stereocenters. The van der Waals surface area contributed by atoms with E-state index in [2.05, 4.69) is 28.6 Å². The zero-order chi connectivity index (χ0) is 19.0. The van der Waals surface area contributed by atoms with Gasteiger partial charge < -0.3 is 0 Å². The Morgan fingerprint density at radius 2 is 1.56 bits per heavy atom. The van der Waals surface area contributed by atoms with E-state index in [-0.39, 0.29) is 5.78 Å². The van der Waals surface area contributed by atoms with Gasteiger partial charge in [-0.2, -0.15) is 0 Å². The number of rotatable bonds is 4. The van der Waals surface area contributed by atoms with E-state index in [4.69, 9.17) is 4.98 Å². The summed E-state index contributed by atoms with van der Waals surface area (Å²) in [5.74, 6) is 0.613. The lowest BCUT2D eigenvalue weighted by Crippen LogP contribution is -2.09. The third kappa shape index (κ3) is 2.83. The molecule has 2 aromatic heterocycles. The van der Waals surface area contributed by atoms with E-state index in [0.29, 0.717) is 23.5 Å². The molecule has 0 amide bonds. The highest BCUT2D eigenvalue weighted by atomic mass is 16.1. The molecular formula is C23H21N3O. The number of ketones is 1. The van der Waals surface area contributed by atoms with Crippen molar-refractivity contribution in [2.24, 2.45) is 0 Å². The number of benzene rings is 2. The zero-order valence-electron chi connectivity index (χ0n) is 15.7. The van der Waals surface area contributed by atoms with Crippen LogP contribution in [-0.4, -0.2) is 20.3 Å². The molecule has 0 saturated carbocycles. The molecule has 0 fully saturated rings. The first kappa shape index (κ1) is 17.2. The van der Waals surface area contributed by atoms with Crippen LogP contribution >= 0.6 is 0 Å². The number of aryl methyl sites for hydroxylation is 2. The Hall–Kier alpha value is -3.27. The van der Waals surface area contributed by atoms with Crippen LogP contribution in [0.2, 0.25) is 0 Å². The van der Waals surface area contributed by atoms with Gasteiger partial charge in [-0.05, 0) is 31.5 Å². The molecule has 0 unspecified atom stereocenters. The molecule has 0 spiro atoms. The number of aromatic nitrogens is 3. The van der Waals surface area contributed by atoms with E-state index < -0.39 is 0 Å². The lowest BCUT2D eigenvalue weighted by atomic mass is 10.0. The van der Waals surface area contributed by atoms with E-state index >= 15 is 0 Å². The number of para-hydroxylation sites is 1. The van der Waals surface area contributed by atoms with Crippen molar-refractivity contribution in [3.63, 3.8) is 0 Å². The molecule has 134 valence electrons. The minimum Gasteiger partial charge on any atom is -0.298 e. The highest BCUT2D eigenvalue weighted by molar-refractivity contribution is 6.15. The van der Waals surface area contributed by atoms with Crippen molar-refractivity contribution >= 4 is 16.8 Å². The van der Waals surface area contributed by atoms with Gasteiger partial charge in [-0.1, -0.05) is 55.5 Å². The molecule has 0 aliphatic carbocycles. The average molecular weight is 355 g/mol. The van der Waals surface area contributed by atoms with E-state index in [0.717, 1.165) is 28.0 Å². The minimum absolute atomic E-state index is 0.0639. The Bertz CT molecular complexity index is 1130. The number of fused-ring (bicyclic) bond motifs is 1. The Labute approximate surface area is 158 Å². The summed E-state index contributed by atoms with van der Waals surface area (Å²) in [5, 5.41) is 0.836. The van der Waals surface area contributed by atoms with E-state index in [9.17, 15) is 4.79 Å². The maximum absolute atomic E-state index is 13.2. The van der Waals surface area contributed by atoms with Crippen LogP contribution in [0.5, 0.6) is 0 Å². The first-order chi connectivity index (χ1) is 13.1. The van der Waals surface area contributed by atoms with Gasteiger partial charge in [0, 0.05) is 23.4 Å². The van der Waals surface area contributed by atoms with Gasteiger partial charge in [-0.25, -0.2) is 9.97 Å². The van der Waals surface area contributed by atoms with Gasteiger partial charge in [0.25, 0.3) is 0 Å². The van der Waals surface area contributed by atoms with Crippen LogP contribution in [0.25, 0.3) is 16.7 Å². The molecule has 2 aromatic carbocycles. The van der Waals surface area contributed by atoms with Gasteiger partial charge in [0.1, 0.15) is 17.2 Å². The molecule has 4 heteroatoms. The van der Waals surface area contributed by atoms with Crippen molar-refractivity contribution in [1.82, 2.24) is 14.5 Å². The van der Waals surface area contributed by atoms with Crippen LogP contribution in [0, 0.1) is 13.8 Å². The molecule has 4 rings (SSSR count). The molecule has 0 aliphatic heterocycles. The molecule has 0 bridgehead atoms. The van der Waals surface area contributed by atoms with Crippen LogP contribution in [-0.2, 0) is 6.42 Å². The summed E-state index contributed by atoms with van der Waals surface area (Å²) in [6, 6.07) is 19.4. The van der Waals surface area contributed by atoms with Crippen molar-refractivity contribution in [2.45, 2.75) is 27.2 Å². The fourth-order valence-electron chi connectivity index (χ4n) is 3.45. The summed E-state index contributed by atoms with van der Waals surface area (Å²) in [6.07, 6.45) is 0.670. The monoisotopic (exact) mass is 355 g/mol. The molecule has 27 heavy (non-hydrogen) atoms. The number of hydrogen-bond donors (Lipinski definition) is 0. The number of hydrogen-bond acceptors (Lipinski definition) is 3. The highest BCUT2D eigenvalue weighted by Crippen LogP contribution is 2.30. The first-order valence-electron chi connectivity index (χ1n) is 9.15. The van der Waals surface area contributed by atoms with Crippen molar-refractivity contribution in [3.05, 3.63) is 89.0 Å². The van der Waals surface area contributed by atoms with Gasteiger partial charge in [-0.3, -0.25) is 9.36 Å². The third-order valence-corrected chi connectivity index (χ3v) is 4.98. The molecule has 0 aliphatic rings. The van der Waals surface area contributed by atoms with Crippen LogP contribution < -0.4 is 0 Å². The lowest BCUT2D eigenvalue weighted by Gasteiger charge is -2.09. The zero-order valence-corrected chi connectivity index (χ0v) is 15.7. The van der Waals surface area contributed by atoms with Crippen molar-refractivity contribution < 1.29 is 4.79 Å². The second-order valence-corrected chi connectivity index (χ2v) is 6.62. The smallest absolute Gasteiger partial charge is 0.212 e. The molecule has 0 saturated heterocycles. The maximum atomic E-state index is 13.2. The fourth-order valence-corrected chi connectivity index (χ4v) is 3.45. The Morgan fingerprint density at radius 3 is 2.19 bits per heavy atom. The SMILES string of the molecule is CCc1nc(C(=O)c2ccccc2)c2c(C)c(C)n(-c3ccccc3)c2n1. The molecule has 0 N–H and O–H groups in total. The minimum atomic E-state index is -0.0639. The van der Waals surface area contributed by atoms with Gasteiger partial charge in [-0.15, -0.1) is 0 Å². The van der Waals surface area contributed by atoms with Crippen LogP contribution in [0.3, 0.4) is 0 Å². The molecule has 0 radical (unpaired) electrons. The predicted octanol–water partition coefficient (Wildman–Crippen LogP) is 4.83. The normalized spacial score (nSPS) is 11.1. The Morgan fingerprint density at radius 1 is 0.926 bits per heavy atom. The maximum Gasteiger partial charge on any atom is 0.212 e. The summed E-state index contributed by atoms with van der Waals surface area (Å²) in [4.78, 5) is 22.7. The van der Waals surface area contributed by atoms with E-state index in [1.165, 1.54) is 0 Å². The number of nitrogens with zero attached hydrogens (tertiary/aromatic N) is 3. The van der Waals surface area contributed by atoms with Gasteiger partial charge in [0.2, 0.25) is 5.78 Å². The topological polar surface area (TPSA) is 47.8 Å². The number of carbonyl (C=O) groups excluding carboxylic acids is 1. The second-order valence-electron chi connectivity index (χ2n) is 6.62. The Balaban J connectivity index is 2.05. The lowest BCUT2D eigenvalue weighted by molar-refractivity contribution is 0.103. The standard InChI is InChI=1S/C23H21N3O/c1-4-19-24-21(22(27)17-11-7-5-8-12-17)20-15(2)16(3)26(23(20)25-19)18-13-9-6-10-14-18/h5-14H,4H2,1-3H3. The second kappa shape index (κ2) is 6.80. The number of carbonyl (C=O) groups is 1. The largest absolute Gasteiger partial charge is 0.298 e. The van der Waals surface area contributed by atoms with Gasteiger partial charge >= 0.3 is 0 Å². The third-order valence-electron chi connectivity index (χ3n) is 4.98. The van der Waals surface area contributed by atoms with Crippen LogP contribution in [0.15, 0.2) is 60.7 Å².